The minimum Gasteiger partial charge on any atom is -0.313 e. The summed E-state index contributed by atoms with van der Waals surface area (Å²) in [7, 11) is 0. The van der Waals surface area contributed by atoms with Crippen molar-refractivity contribution in [1.29, 1.82) is 0 Å². The molecule has 0 bridgehead atoms. The molecule has 0 atom stereocenters. The Morgan fingerprint density at radius 3 is 2.10 bits per heavy atom. The maximum atomic E-state index is 11.4. The zero-order valence-corrected chi connectivity index (χ0v) is 11.3. The number of nitrogens with zero attached hydrogens (tertiary/aromatic N) is 1. The van der Waals surface area contributed by atoms with Gasteiger partial charge in [0.05, 0.1) is 5.69 Å². The summed E-state index contributed by atoms with van der Waals surface area (Å²) < 4.78 is 2.12. The van der Waals surface area contributed by atoms with Crippen molar-refractivity contribution < 1.29 is 4.79 Å². The van der Waals surface area contributed by atoms with E-state index in [2.05, 4.69) is 4.57 Å². The average molecular weight is 261 g/mol. The molecule has 3 aromatic rings. The first-order valence-corrected chi connectivity index (χ1v) is 6.59. The van der Waals surface area contributed by atoms with E-state index in [-0.39, 0.29) is 0 Å². The minimum absolute atomic E-state index is 0.720. The van der Waals surface area contributed by atoms with Gasteiger partial charge in [0, 0.05) is 16.9 Å². The summed E-state index contributed by atoms with van der Waals surface area (Å²) in [6.07, 6.45) is 0.925. The molecule has 0 saturated carbocycles. The van der Waals surface area contributed by atoms with E-state index in [1.165, 1.54) is 0 Å². The first-order valence-electron chi connectivity index (χ1n) is 6.59. The van der Waals surface area contributed by atoms with Crippen LogP contribution in [0.15, 0.2) is 66.7 Å². The highest BCUT2D eigenvalue weighted by Gasteiger charge is 2.15. The second-order valence-corrected chi connectivity index (χ2v) is 4.74. The maximum Gasteiger partial charge on any atom is 0.152 e. The molecule has 0 amide bonds. The number of aldehydes is 1. The highest BCUT2D eigenvalue weighted by Crippen LogP contribution is 2.29. The van der Waals surface area contributed by atoms with Gasteiger partial charge in [-0.1, -0.05) is 48.5 Å². The number of benzene rings is 2. The van der Waals surface area contributed by atoms with Crippen LogP contribution in [-0.2, 0) is 0 Å². The molecule has 2 nitrogen and oxygen atoms in total. The number of carbonyl (C=O) groups is 1. The second kappa shape index (κ2) is 5.17. The zero-order chi connectivity index (χ0) is 13.9. The SMILES string of the molecule is Cc1cc(C=O)c(-c2ccccc2)n1-c1ccccc1. The quantitative estimate of drug-likeness (QED) is 0.645. The fraction of sp³-hybridized carbons (Fsp3) is 0.0556. The third kappa shape index (κ3) is 2.05. The molecule has 2 heteroatoms. The topological polar surface area (TPSA) is 22.0 Å². The molecule has 1 aromatic heterocycles. The summed E-state index contributed by atoms with van der Waals surface area (Å²) in [5.41, 5.74) is 4.84. The van der Waals surface area contributed by atoms with Gasteiger partial charge in [0.25, 0.3) is 0 Å². The van der Waals surface area contributed by atoms with Crippen molar-refractivity contribution in [2.45, 2.75) is 6.92 Å². The van der Waals surface area contributed by atoms with E-state index in [0.29, 0.717) is 0 Å². The maximum absolute atomic E-state index is 11.4. The van der Waals surface area contributed by atoms with Gasteiger partial charge in [-0.15, -0.1) is 0 Å². The Bertz CT molecular complexity index is 727. The molecule has 98 valence electrons. The summed E-state index contributed by atoms with van der Waals surface area (Å²) in [6.45, 7) is 2.02. The smallest absolute Gasteiger partial charge is 0.152 e. The summed E-state index contributed by atoms with van der Waals surface area (Å²) >= 11 is 0. The fourth-order valence-electron chi connectivity index (χ4n) is 2.55. The number of hydrogen-bond acceptors (Lipinski definition) is 1. The van der Waals surface area contributed by atoms with Crippen LogP contribution in [0.3, 0.4) is 0 Å². The van der Waals surface area contributed by atoms with Crippen molar-refractivity contribution >= 4 is 6.29 Å². The van der Waals surface area contributed by atoms with Gasteiger partial charge in [-0.2, -0.15) is 0 Å². The van der Waals surface area contributed by atoms with Crippen LogP contribution in [0.1, 0.15) is 16.1 Å². The Kier molecular flexibility index (Phi) is 3.21. The Morgan fingerprint density at radius 2 is 1.50 bits per heavy atom. The van der Waals surface area contributed by atoms with Crippen molar-refractivity contribution in [2.75, 3.05) is 0 Å². The van der Waals surface area contributed by atoms with Crippen molar-refractivity contribution in [1.82, 2.24) is 4.57 Å². The molecule has 0 saturated heterocycles. The van der Waals surface area contributed by atoms with Gasteiger partial charge in [0.15, 0.2) is 6.29 Å². The Labute approximate surface area is 118 Å². The lowest BCUT2D eigenvalue weighted by atomic mass is 10.1. The first-order chi connectivity index (χ1) is 9.81. The van der Waals surface area contributed by atoms with E-state index in [9.17, 15) is 4.79 Å². The van der Waals surface area contributed by atoms with E-state index in [1.54, 1.807) is 0 Å². The first kappa shape index (κ1) is 12.4. The molecule has 3 rings (SSSR count). The summed E-state index contributed by atoms with van der Waals surface area (Å²) in [6, 6.07) is 22.0. The number of hydrogen-bond donors (Lipinski definition) is 0. The van der Waals surface area contributed by atoms with Crippen molar-refractivity contribution in [3.05, 3.63) is 78.0 Å². The standard InChI is InChI=1S/C18H15NO/c1-14-12-16(13-20)18(15-8-4-2-5-9-15)19(14)17-10-6-3-7-11-17/h2-13H,1H3. The molecule has 0 radical (unpaired) electrons. The van der Waals surface area contributed by atoms with E-state index in [0.717, 1.165) is 34.5 Å². The molecular formula is C18H15NO. The lowest BCUT2D eigenvalue weighted by Gasteiger charge is -2.12. The highest BCUT2D eigenvalue weighted by atomic mass is 16.1. The van der Waals surface area contributed by atoms with Crippen molar-refractivity contribution in [3.63, 3.8) is 0 Å². The molecule has 20 heavy (non-hydrogen) atoms. The molecular weight excluding hydrogens is 246 g/mol. The number of para-hydroxylation sites is 1. The number of carbonyl (C=O) groups excluding carboxylic acids is 1. The molecule has 0 unspecified atom stereocenters. The molecule has 0 fully saturated rings. The molecule has 1 heterocycles. The van der Waals surface area contributed by atoms with E-state index < -0.39 is 0 Å². The van der Waals surface area contributed by atoms with Crippen LogP contribution in [0, 0.1) is 6.92 Å². The van der Waals surface area contributed by atoms with Gasteiger partial charge < -0.3 is 4.57 Å². The van der Waals surface area contributed by atoms with Crippen molar-refractivity contribution in [3.8, 4) is 16.9 Å². The number of aryl methyl sites for hydroxylation is 1. The molecule has 0 aliphatic heterocycles. The van der Waals surface area contributed by atoms with E-state index >= 15 is 0 Å². The largest absolute Gasteiger partial charge is 0.313 e. The Hall–Kier alpha value is -2.61. The molecule has 0 spiro atoms. The second-order valence-electron chi connectivity index (χ2n) is 4.74. The molecule has 0 N–H and O–H groups in total. The molecule has 0 aliphatic rings. The van der Waals surface area contributed by atoms with E-state index in [1.807, 2.05) is 73.7 Å². The summed E-state index contributed by atoms with van der Waals surface area (Å²) in [4.78, 5) is 11.4. The van der Waals surface area contributed by atoms with Crippen LogP contribution >= 0.6 is 0 Å². The van der Waals surface area contributed by atoms with Gasteiger partial charge in [-0.05, 0) is 30.7 Å². The third-order valence-electron chi connectivity index (χ3n) is 3.40. The van der Waals surface area contributed by atoms with Crippen LogP contribution in [0.2, 0.25) is 0 Å². The lowest BCUT2D eigenvalue weighted by Crippen LogP contribution is -1.99. The number of rotatable bonds is 3. The summed E-state index contributed by atoms with van der Waals surface area (Å²) in [5.74, 6) is 0. The van der Waals surface area contributed by atoms with Crippen LogP contribution in [0.4, 0.5) is 0 Å². The Balaban J connectivity index is 2.30. The van der Waals surface area contributed by atoms with Gasteiger partial charge >= 0.3 is 0 Å². The third-order valence-corrected chi connectivity index (χ3v) is 3.40. The predicted molar refractivity (Wildman–Crippen MR) is 81.3 cm³/mol. The van der Waals surface area contributed by atoms with Gasteiger partial charge in [0.1, 0.15) is 0 Å². The molecule has 0 aliphatic carbocycles. The monoisotopic (exact) mass is 261 g/mol. The van der Waals surface area contributed by atoms with E-state index in [4.69, 9.17) is 0 Å². The predicted octanol–water partition coefficient (Wildman–Crippen LogP) is 4.27. The zero-order valence-electron chi connectivity index (χ0n) is 11.3. The van der Waals surface area contributed by atoms with Crippen LogP contribution in [-0.4, -0.2) is 10.9 Å². The van der Waals surface area contributed by atoms with Gasteiger partial charge in [0.2, 0.25) is 0 Å². The fourth-order valence-corrected chi connectivity index (χ4v) is 2.55. The summed E-state index contributed by atoms with van der Waals surface area (Å²) in [5, 5.41) is 0. The Morgan fingerprint density at radius 1 is 0.900 bits per heavy atom. The lowest BCUT2D eigenvalue weighted by molar-refractivity contribution is 0.112. The normalized spacial score (nSPS) is 10.4. The van der Waals surface area contributed by atoms with Crippen LogP contribution < -0.4 is 0 Å². The molecule has 2 aromatic carbocycles. The van der Waals surface area contributed by atoms with Crippen LogP contribution in [0.5, 0.6) is 0 Å². The van der Waals surface area contributed by atoms with Gasteiger partial charge in [-0.3, -0.25) is 4.79 Å². The van der Waals surface area contributed by atoms with Crippen molar-refractivity contribution in [2.24, 2.45) is 0 Å². The van der Waals surface area contributed by atoms with Crippen LogP contribution in [0.25, 0.3) is 16.9 Å². The number of aromatic nitrogens is 1. The van der Waals surface area contributed by atoms with Gasteiger partial charge in [-0.25, -0.2) is 0 Å². The minimum atomic E-state index is 0.720. The highest BCUT2D eigenvalue weighted by molar-refractivity contribution is 5.87. The average Bonchev–Trinajstić information content (AvgIpc) is 2.85.